The summed E-state index contributed by atoms with van der Waals surface area (Å²) in [6.07, 6.45) is -3.84. The molecule has 6 nitrogen and oxygen atoms in total. The summed E-state index contributed by atoms with van der Waals surface area (Å²) in [5, 5.41) is 3.75. The van der Waals surface area contributed by atoms with Crippen LogP contribution in [-0.4, -0.2) is 28.0 Å². The molecule has 0 saturated carbocycles. The van der Waals surface area contributed by atoms with E-state index >= 15 is 0 Å². The lowest BCUT2D eigenvalue weighted by Gasteiger charge is -2.12. The first-order chi connectivity index (χ1) is 12.8. The predicted octanol–water partition coefficient (Wildman–Crippen LogP) is 4.18. The Balaban J connectivity index is 1.75. The van der Waals surface area contributed by atoms with E-state index in [0.717, 1.165) is 12.1 Å². The summed E-state index contributed by atoms with van der Waals surface area (Å²) in [4.78, 5) is 17.9. The molecule has 1 amide bonds. The Morgan fingerprint density at radius 1 is 1.22 bits per heavy atom. The van der Waals surface area contributed by atoms with Crippen molar-refractivity contribution in [1.82, 2.24) is 15.0 Å². The summed E-state index contributed by atoms with van der Waals surface area (Å²) in [6, 6.07) is 7.59. The van der Waals surface area contributed by atoms with Crippen LogP contribution in [0.3, 0.4) is 0 Å². The molecule has 0 aliphatic heterocycles. The molecular weight excluding hydrogens is 363 g/mol. The Labute approximate surface area is 152 Å². The summed E-state index contributed by atoms with van der Waals surface area (Å²) in [6.45, 7) is 1.97. The van der Waals surface area contributed by atoms with Crippen molar-refractivity contribution in [3.63, 3.8) is 0 Å². The zero-order valence-electron chi connectivity index (χ0n) is 14.6. The number of alkyl halides is 3. The van der Waals surface area contributed by atoms with Gasteiger partial charge in [0, 0.05) is 19.0 Å². The molecular formula is C18H16F3N3O3. The highest BCUT2D eigenvalue weighted by Crippen LogP contribution is 2.32. The first-order valence-electron chi connectivity index (χ1n) is 8.12. The Kier molecular flexibility index (Phi) is 5.02. The van der Waals surface area contributed by atoms with Gasteiger partial charge in [0.2, 0.25) is 5.89 Å². The maximum Gasteiger partial charge on any atom is 0.416 e. The number of carbonyl (C=O) groups excluding carboxylic acids is 1. The highest BCUT2D eigenvalue weighted by molar-refractivity contribution is 5.91. The SMILES string of the molecule is CCc1noc(CN(C)C(=O)c2ccc(-c3cccc(C(F)(F)F)c3)o2)n1. The molecule has 9 heteroatoms. The van der Waals surface area contributed by atoms with Crippen molar-refractivity contribution >= 4 is 5.91 Å². The second kappa shape index (κ2) is 7.26. The van der Waals surface area contributed by atoms with Crippen LogP contribution in [0.2, 0.25) is 0 Å². The third-order valence-electron chi connectivity index (χ3n) is 3.84. The maximum absolute atomic E-state index is 12.8. The fourth-order valence-electron chi connectivity index (χ4n) is 2.42. The lowest BCUT2D eigenvalue weighted by Crippen LogP contribution is -2.25. The first-order valence-corrected chi connectivity index (χ1v) is 8.12. The van der Waals surface area contributed by atoms with Crippen LogP contribution < -0.4 is 0 Å². The summed E-state index contributed by atoms with van der Waals surface area (Å²) in [5.41, 5.74) is -0.555. The van der Waals surface area contributed by atoms with E-state index in [9.17, 15) is 18.0 Å². The van der Waals surface area contributed by atoms with Gasteiger partial charge in [0.1, 0.15) is 12.3 Å². The van der Waals surface area contributed by atoms with Crippen LogP contribution in [0.25, 0.3) is 11.3 Å². The molecule has 0 spiro atoms. The van der Waals surface area contributed by atoms with E-state index in [1.807, 2.05) is 6.92 Å². The number of nitrogens with zero attached hydrogens (tertiary/aromatic N) is 3. The van der Waals surface area contributed by atoms with Gasteiger partial charge in [-0.05, 0) is 24.3 Å². The molecule has 0 fully saturated rings. The zero-order chi connectivity index (χ0) is 19.6. The van der Waals surface area contributed by atoms with Gasteiger partial charge in [-0.2, -0.15) is 18.2 Å². The average Bonchev–Trinajstić information content (AvgIpc) is 3.30. The fraction of sp³-hybridized carbons (Fsp3) is 0.278. The van der Waals surface area contributed by atoms with Crippen LogP contribution >= 0.6 is 0 Å². The van der Waals surface area contributed by atoms with E-state index in [1.165, 1.54) is 36.2 Å². The quantitative estimate of drug-likeness (QED) is 0.665. The molecule has 0 aliphatic rings. The van der Waals surface area contributed by atoms with Crippen LogP contribution in [0.15, 0.2) is 45.3 Å². The summed E-state index contributed by atoms with van der Waals surface area (Å²) in [5.74, 6) is 0.538. The van der Waals surface area contributed by atoms with E-state index in [-0.39, 0.29) is 29.5 Å². The minimum Gasteiger partial charge on any atom is -0.451 e. The third kappa shape index (κ3) is 4.18. The molecule has 0 atom stereocenters. The zero-order valence-corrected chi connectivity index (χ0v) is 14.6. The average molecular weight is 379 g/mol. The highest BCUT2D eigenvalue weighted by Gasteiger charge is 2.30. The Morgan fingerprint density at radius 2 is 2.00 bits per heavy atom. The van der Waals surface area contributed by atoms with Crippen LogP contribution in [0.5, 0.6) is 0 Å². The van der Waals surface area contributed by atoms with E-state index in [1.54, 1.807) is 0 Å². The summed E-state index contributed by atoms with van der Waals surface area (Å²) >= 11 is 0. The Hall–Kier alpha value is -3.10. The van der Waals surface area contributed by atoms with E-state index < -0.39 is 17.6 Å². The van der Waals surface area contributed by atoms with Gasteiger partial charge in [-0.25, -0.2) is 0 Å². The van der Waals surface area contributed by atoms with Crippen molar-refractivity contribution in [3.05, 3.63) is 59.4 Å². The van der Waals surface area contributed by atoms with Crippen LogP contribution in [-0.2, 0) is 19.1 Å². The molecule has 1 aromatic carbocycles. The van der Waals surface area contributed by atoms with Crippen LogP contribution in [0.4, 0.5) is 13.2 Å². The third-order valence-corrected chi connectivity index (χ3v) is 3.84. The molecule has 0 radical (unpaired) electrons. The van der Waals surface area contributed by atoms with Crippen molar-refractivity contribution in [2.45, 2.75) is 26.1 Å². The second-order valence-electron chi connectivity index (χ2n) is 5.86. The number of rotatable bonds is 5. The predicted molar refractivity (Wildman–Crippen MR) is 88.6 cm³/mol. The number of aryl methyl sites for hydroxylation is 1. The first kappa shape index (κ1) is 18.7. The summed E-state index contributed by atoms with van der Waals surface area (Å²) in [7, 11) is 1.53. The van der Waals surface area contributed by atoms with Crippen LogP contribution in [0, 0.1) is 0 Å². The molecule has 0 unspecified atom stereocenters. The van der Waals surface area contributed by atoms with Crippen molar-refractivity contribution < 1.29 is 26.9 Å². The van der Waals surface area contributed by atoms with Gasteiger partial charge >= 0.3 is 6.18 Å². The van der Waals surface area contributed by atoms with Gasteiger partial charge in [0.25, 0.3) is 5.91 Å². The Morgan fingerprint density at radius 3 is 2.67 bits per heavy atom. The minimum atomic E-state index is -4.46. The minimum absolute atomic E-state index is 0.000132. The standard InChI is InChI=1S/C18H16F3N3O3/c1-3-15-22-16(27-23-15)10-24(2)17(25)14-8-7-13(26-14)11-5-4-6-12(9-11)18(19,20)21/h4-9H,3,10H2,1-2H3. The topological polar surface area (TPSA) is 72.4 Å². The molecule has 0 saturated heterocycles. The largest absolute Gasteiger partial charge is 0.451 e. The normalized spacial score (nSPS) is 11.6. The van der Waals surface area contributed by atoms with Crippen molar-refractivity contribution in [3.8, 4) is 11.3 Å². The second-order valence-corrected chi connectivity index (χ2v) is 5.86. The molecule has 142 valence electrons. The number of benzene rings is 1. The highest BCUT2D eigenvalue weighted by atomic mass is 19.4. The number of amides is 1. The van der Waals surface area contributed by atoms with Gasteiger partial charge in [0.05, 0.1) is 5.56 Å². The number of hydrogen-bond donors (Lipinski definition) is 0. The molecule has 0 N–H and O–H groups in total. The van der Waals surface area contributed by atoms with Crippen molar-refractivity contribution in [1.29, 1.82) is 0 Å². The van der Waals surface area contributed by atoms with Crippen molar-refractivity contribution in [2.75, 3.05) is 7.05 Å². The Bertz CT molecular complexity index is 946. The smallest absolute Gasteiger partial charge is 0.416 e. The van der Waals surface area contributed by atoms with E-state index in [0.29, 0.717) is 12.2 Å². The fourth-order valence-corrected chi connectivity index (χ4v) is 2.42. The van der Waals surface area contributed by atoms with Gasteiger partial charge < -0.3 is 13.8 Å². The molecule has 2 aromatic heterocycles. The monoisotopic (exact) mass is 379 g/mol. The number of carbonyl (C=O) groups is 1. The molecule has 0 aliphatic carbocycles. The van der Waals surface area contributed by atoms with E-state index in [4.69, 9.17) is 8.94 Å². The number of halogens is 3. The number of furan rings is 1. The van der Waals surface area contributed by atoms with Gasteiger partial charge in [-0.3, -0.25) is 4.79 Å². The number of aromatic nitrogens is 2. The summed E-state index contributed by atoms with van der Waals surface area (Å²) < 4.78 is 49.0. The molecule has 0 bridgehead atoms. The molecule has 3 rings (SSSR count). The molecule has 3 aromatic rings. The molecule has 2 heterocycles. The van der Waals surface area contributed by atoms with Crippen molar-refractivity contribution in [2.24, 2.45) is 0 Å². The van der Waals surface area contributed by atoms with Gasteiger partial charge in [-0.1, -0.05) is 24.2 Å². The van der Waals surface area contributed by atoms with Crippen LogP contribution in [0.1, 0.15) is 34.8 Å². The lowest BCUT2D eigenvalue weighted by atomic mass is 10.1. The number of hydrogen-bond acceptors (Lipinski definition) is 5. The maximum atomic E-state index is 12.8. The van der Waals surface area contributed by atoms with Gasteiger partial charge in [0.15, 0.2) is 11.6 Å². The lowest BCUT2D eigenvalue weighted by molar-refractivity contribution is -0.137. The van der Waals surface area contributed by atoms with E-state index in [2.05, 4.69) is 10.1 Å². The molecule has 27 heavy (non-hydrogen) atoms. The van der Waals surface area contributed by atoms with Gasteiger partial charge in [-0.15, -0.1) is 0 Å².